The molecule has 1 atom stereocenters. The number of aryl methyl sites for hydroxylation is 1. The number of carbonyl (C=O) groups is 1. The molecular formula is C14H19NO3. The summed E-state index contributed by atoms with van der Waals surface area (Å²) in [5.41, 5.74) is 2.35. The van der Waals surface area contributed by atoms with Gasteiger partial charge in [-0.15, -0.1) is 0 Å². The highest BCUT2D eigenvalue weighted by atomic mass is 16.5. The second-order valence-electron chi connectivity index (χ2n) is 4.65. The zero-order valence-corrected chi connectivity index (χ0v) is 10.6. The lowest BCUT2D eigenvalue weighted by Crippen LogP contribution is -2.46. The van der Waals surface area contributed by atoms with Crippen LogP contribution in [0.5, 0.6) is 0 Å². The largest absolute Gasteiger partial charge is 0.396 e. The average Bonchev–Trinajstić information content (AvgIpc) is 2.36. The Morgan fingerprint density at radius 1 is 1.44 bits per heavy atom. The third kappa shape index (κ3) is 3.09. The molecule has 1 amide bonds. The van der Waals surface area contributed by atoms with Crippen LogP contribution in [0.4, 0.5) is 0 Å². The molecule has 1 heterocycles. The topological polar surface area (TPSA) is 49.8 Å². The van der Waals surface area contributed by atoms with Crippen molar-refractivity contribution in [2.75, 3.05) is 19.8 Å². The minimum absolute atomic E-state index is 0.0208. The molecule has 0 bridgehead atoms. The zero-order chi connectivity index (χ0) is 13.0. The minimum Gasteiger partial charge on any atom is -0.396 e. The molecule has 4 heteroatoms. The van der Waals surface area contributed by atoms with Crippen molar-refractivity contribution in [1.29, 1.82) is 0 Å². The van der Waals surface area contributed by atoms with Crippen molar-refractivity contribution in [2.45, 2.75) is 26.0 Å². The van der Waals surface area contributed by atoms with E-state index in [0.29, 0.717) is 19.5 Å². The molecule has 1 saturated heterocycles. The Labute approximate surface area is 107 Å². The van der Waals surface area contributed by atoms with Crippen molar-refractivity contribution >= 4 is 5.91 Å². The number of nitrogens with zero attached hydrogens (tertiary/aromatic N) is 1. The highest BCUT2D eigenvalue weighted by molar-refractivity contribution is 5.78. The van der Waals surface area contributed by atoms with E-state index in [1.165, 1.54) is 5.56 Å². The first-order chi connectivity index (χ1) is 8.70. The highest BCUT2D eigenvalue weighted by Gasteiger charge is 2.26. The van der Waals surface area contributed by atoms with E-state index in [1.807, 2.05) is 36.1 Å². The SMILES string of the molecule is Cc1ccccc1CN1CC(CCO)OCC1=O. The minimum atomic E-state index is -0.0447. The van der Waals surface area contributed by atoms with Gasteiger partial charge in [0.25, 0.3) is 0 Å². The third-order valence-corrected chi connectivity index (χ3v) is 3.29. The lowest BCUT2D eigenvalue weighted by molar-refractivity contribution is -0.150. The molecule has 1 N–H and O–H groups in total. The van der Waals surface area contributed by atoms with Crippen LogP contribution >= 0.6 is 0 Å². The quantitative estimate of drug-likeness (QED) is 0.869. The van der Waals surface area contributed by atoms with Gasteiger partial charge in [0.15, 0.2) is 0 Å². The Kier molecular flexibility index (Phi) is 4.33. The summed E-state index contributed by atoms with van der Waals surface area (Å²) in [5, 5.41) is 8.92. The Hall–Kier alpha value is -1.39. The molecule has 98 valence electrons. The summed E-state index contributed by atoms with van der Waals surface area (Å²) in [6.45, 7) is 3.45. The van der Waals surface area contributed by atoms with E-state index < -0.39 is 0 Å². The van der Waals surface area contributed by atoms with E-state index in [2.05, 4.69) is 0 Å². The van der Waals surface area contributed by atoms with Gasteiger partial charge in [0, 0.05) is 19.7 Å². The first-order valence-corrected chi connectivity index (χ1v) is 6.25. The van der Waals surface area contributed by atoms with Crippen LogP contribution in [-0.2, 0) is 16.1 Å². The van der Waals surface area contributed by atoms with Crippen LogP contribution in [-0.4, -0.2) is 41.8 Å². The van der Waals surface area contributed by atoms with Gasteiger partial charge in [-0.1, -0.05) is 24.3 Å². The van der Waals surface area contributed by atoms with E-state index >= 15 is 0 Å². The molecule has 0 saturated carbocycles. The molecule has 4 nitrogen and oxygen atoms in total. The Morgan fingerprint density at radius 2 is 2.22 bits per heavy atom. The van der Waals surface area contributed by atoms with Crippen LogP contribution in [0.25, 0.3) is 0 Å². The number of carbonyl (C=O) groups excluding carboxylic acids is 1. The summed E-state index contributed by atoms with van der Waals surface area (Å²) in [7, 11) is 0. The van der Waals surface area contributed by atoms with Crippen molar-refractivity contribution in [1.82, 2.24) is 4.90 Å². The number of rotatable bonds is 4. The average molecular weight is 249 g/mol. The molecule has 0 radical (unpaired) electrons. The van der Waals surface area contributed by atoms with Gasteiger partial charge < -0.3 is 14.7 Å². The monoisotopic (exact) mass is 249 g/mol. The molecule has 2 rings (SSSR count). The van der Waals surface area contributed by atoms with E-state index in [-0.39, 0.29) is 25.2 Å². The van der Waals surface area contributed by atoms with Crippen LogP contribution in [0, 0.1) is 6.92 Å². The lowest BCUT2D eigenvalue weighted by atomic mass is 10.1. The molecule has 1 aliphatic rings. The maximum atomic E-state index is 11.8. The van der Waals surface area contributed by atoms with E-state index in [9.17, 15) is 4.79 Å². The van der Waals surface area contributed by atoms with Crippen LogP contribution in [0.15, 0.2) is 24.3 Å². The van der Waals surface area contributed by atoms with Crippen LogP contribution in [0.1, 0.15) is 17.5 Å². The van der Waals surface area contributed by atoms with Gasteiger partial charge in [-0.05, 0) is 24.5 Å². The smallest absolute Gasteiger partial charge is 0.248 e. The summed E-state index contributed by atoms with van der Waals surface area (Å²) in [4.78, 5) is 13.6. The third-order valence-electron chi connectivity index (χ3n) is 3.29. The van der Waals surface area contributed by atoms with Gasteiger partial charge in [0.2, 0.25) is 5.91 Å². The van der Waals surface area contributed by atoms with Crippen molar-refractivity contribution < 1.29 is 14.6 Å². The summed E-state index contributed by atoms with van der Waals surface area (Å²) >= 11 is 0. The molecule has 0 aromatic heterocycles. The summed E-state index contributed by atoms with van der Waals surface area (Å²) in [6, 6.07) is 8.07. The number of morpholine rings is 1. The maximum Gasteiger partial charge on any atom is 0.248 e. The molecule has 1 fully saturated rings. The number of hydrogen-bond donors (Lipinski definition) is 1. The van der Waals surface area contributed by atoms with Gasteiger partial charge >= 0.3 is 0 Å². The fraction of sp³-hybridized carbons (Fsp3) is 0.500. The molecule has 1 aromatic rings. The number of aliphatic hydroxyl groups is 1. The summed E-state index contributed by atoms with van der Waals surface area (Å²) in [6.07, 6.45) is 0.536. The fourth-order valence-electron chi connectivity index (χ4n) is 2.15. The van der Waals surface area contributed by atoms with Crippen molar-refractivity contribution in [3.8, 4) is 0 Å². The number of hydrogen-bond acceptors (Lipinski definition) is 3. The van der Waals surface area contributed by atoms with Crippen molar-refractivity contribution in [2.24, 2.45) is 0 Å². The summed E-state index contributed by atoms with van der Waals surface area (Å²) < 4.78 is 5.38. The number of benzene rings is 1. The molecule has 1 unspecified atom stereocenters. The second kappa shape index (κ2) is 5.98. The second-order valence-corrected chi connectivity index (χ2v) is 4.65. The van der Waals surface area contributed by atoms with E-state index in [0.717, 1.165) is 5.56 Å². The Bertz CT molecular complexity index is 419. The standard InChI is InChI=1S/C14H19NO3/c1-11-4-2-3-5-12(11)8-15-9-13(6-7-16)18-10-14(15)17/h2-5,13,16H,6-10H2,1H3. The Balaban J connectivity index is 2.03. The van der Waals surface area contributed by atoms with Gasteiger partial charge in [0.05, 0.1) is 6.10 Å². The molecule has 1 aliphatic heterocycles. The molecule has 0 aliphatic carbocycles. The normalized spacial score (nSPS) is 20.2. The first-order valence-electron chi connectivity index (χ1n) is 6.25. The van der Waals surface area contributed by atoms with Gasteiger partial charge in [-0.25, -0.2) is 0 Å². The van der Waals surface area contributed by atoms with Crippen LogP contribution in [0.3, 0.4) is 0 Å². The van der Waals surface area contributed by atoms with E-state index in [1.54, 1.807) is 0 Å². The fourth-order valence-corrected chi connectivity index (χ4v) is 2.15. The molecule has 1 aromatic carbocycles. The number of ether oxygens (including phenoxy) is 1. The van der Waals surface area contributed by atoms with Crippen LogP contribution in [0.2, 0.25) is 0 Å². The zero-order valence-electron chi connectivity index (χ0n) is 10.6. The van der Waals surface area contributed by atoms with E-state index in [4.69, 9.17) is 9.84 Å². The highest BCUT2D eigenvalue weighted by Crippen LogP contribution is 2.15. The molecular weight excluding hydrogens is 230 g/mol. The van der Waals surface area contributed by atoms with Gasteiger partial charge in [0.1, 0.15) is 6.61 Å². The maximum absolute atomic E-state index is 11.8. The number of amides is 1. The Morgan fingerprint density at radius 3 is 2.94 bits per heavy atom. The van der Waals surface area contributed by atoms with Crippen LogP contribution < -0.4 is 0 Å². The van der Waals surface area contributed by atoms with Gasteiger partial charge in [-0.2, -0.15) is 0 Å². The predicted octanol–water partition coefficient (Wildman–Crippen LogP) is 1.10. The first kappa shape index (κ1) is 13.1. The summed E-state index contributed by atoms with van der Waals surface area (Å²) in [5.74, 6) is 0.0208. The predicted molar refractivity (Wildman–Crippen MR) is 68.0 cm³/mol. The van der Waals surface area contributed by atoms with Crippen molar-refractivity contribution in [3.05, 3.63) is 35.4 Å². The van der Waals surface area contributed by atoms with Gasteiger partial charge in [-0.3, -0.25) is 4.79 Å². The molecule has 18 heavy (non-hydrogen) atoms. The van der Waals surface area contributed by atoms with Crippen molar-refractivity contribution in [3.63, 3.8) is 0 Å². The lowest BCUT2D eigenvalue weighted by Gasteiger charge is -2.33. The molecule has 0 spiro atoms. The number of aliphatic hydroxyl groups excluding tert-OH is 1.